The van der Waals surface area contributed by atoms with Gasteiger partial charge in [-0.05, 0) is 34.7 Å². The van der Waals surface area contributed by atoms with Gasteiger partial charge < -0.3 is 10.3 Å². The smallest absolute Gasteiger partial charge is 0.394 e. The number of hydrogen-bond donors (Lipinski definition) is 1. The minimum absolute atomic E-state index is 0.308. The van der Waals surface area contributed by atoms with Crippen molar-refractivity contribution < 1.29 is 14.6 Å². The van der Waals surface area contributed by atoms with Crippen LogP contribution in [0, 0.1) is 8.78 Å². The van der Waals surface area contributed by atoms with Gasteiger partial charge in [-0.2, -0.15) is 4.74 Å². The fourth-order valence-corrected chi connectivity index (χ4v) is 1.12. The van der Waals surface area contributed by atoms with Crippen molar-refractivity contribution in [3.63, 3.8) is 0 Å². The highest BCUT2D eigenvalue weighted by Gasteiger charge is 2.03. The Hall–Kier alpha value is -1.11. The Morgan fingerprint density at radius 1 is 1.46 bits per heavy atom. The van der Waals surface area contributed by atoms with Gasteiger partial charge >= 0.3 is 5.97 Å². The molecule has 0 radical (unpaired) electrons. The molecule has 0 bridgehead atoms. The summed E-state index contributed by atoms with van der Waals surface area (Å²) >= 11 is 2.10. The molecule has 0 amide bonds. The Morgan fingerprint density at radius 3 is 2.46 bits per heavy atom. The topological polar surface area (TPSA) is 63.4 Å². The molecule has 0 saturated carbocycles. The van der Waals surface area contributed by atoms with Crippen molar-refractivity contribution in [2.24, 2.45) is 0 Å². The minimum atomic E-state index is -1.26. The number of halogens is 1. The Morgan fingerprint density at radius 2 is 2.00 bits per heavy atom. The SMILES string of the molecule is O=C(O)C=[N+]([O-])c1ccc(I)cc1. The molecule has 5 heteroatoms. The first kappa shape index (κ1) is 9.97. The standard InChI is InChI=1S/C8H6INO3/c9-6-1-3-7(4-2-6)10(13)5-8(11)12/h1-5H,(H,11,12). The monoisotopic (exact) mass is 291 g/mol. The molecule has 0 aromatic heterocycles. The van der Waals surface area contributed by atoms with Crippen LogP contribution in [0.15, 0.2) is 24.3 Å². The molecule has 1 aromatic carbocycles. The van der Waals surface area contributed by atoms with E-state index in [2.05, 4.69) is 22.6 Å². The zero-order valence-corrected chi connectivity index (χ0v) is 8.63. The Balaban J connectivity index is 2.96. The first-order valence-corrected chi connectivity index (χ1v) is 4.47. The van der Waals surface area contributed by atoms with Gasteiger partial charge in [-0.3, -0.25) is 0 Å². The van der Waals surface area contributed by atoms with Crippen LogP contribution in [-0.4, -0.2) is 22.0 Å². The summed E-state index contributed by atoms with van der Waals surface area (Å²) in [6, 6.07) is 6.59. The molecule has 0 aliphatic heterocycles. The van der Waals surface area contributed by atoms with Crippen molar-refractivity contribution in [1.82, 2.24) is 0 Å². The van der Waals surface area contributed by atoms with E-state index in [0.29, 0.717) is 16.6 Å². The molecule has 0 aliphatic carbocycles. The highest BCUT2D eigenvalue weighted by molar-refractivity contribution is 14.1. The van der Waals surface area contributed by atoms with Crippen LogP contribution >= 0.6 is 22.6 Å². The maximum atomic E-state index is 11.0. The summed E-state index contributed by atoms with van der Waals surface area (Å²) in [6.07, 6.45) is 0.572. The van der Waals surface area contributed by atoms with Gasteiger partial charge in [0, 0.05) is 15.7 Å². The van der Waals surface area contributed by atoms with Gasteiger partial charge in [0.25, 0.3) is 6.21 Å². The van der Waals surface area contributed by atoms with Crippen molar-refractivity contribution in [3.05, 3.63) is 33.0 Å². The second kappa shape index (κ2) is 4.22. The lowest BCUT2D eigenvalue weighted by molar-refractivity contribution is -0.355. The third-order valence-electron chi connectivity index (χ3n) is 1.31. The molecule has 4 nitrogen and oxygen atoms in total. The maximum Gasteiger partial charge on any atom is 0.394 e. The molecule has 0 fully saturated rings. The molecule has 0 saturated heterocycles. The van der Waals surface area contributed by atoms with Crippen molar-refractivity contribution in [2.45, 2.75) is 0 Å². The molecule has 0 heterocycles. The third kappa shape index (κ3) is 3.02. The van der Waals surface area contributed by atoms with E-state index in [1.807, 2.05) is 0 Å². The molecule has 0 spiro atoms. The number of hydrogen-bond acceptors (Lipinski definition) is 2. The summed E-state index contributed by atoms with van der Waals surface area (Å²) in [5.41, 5.74) is 0.308. The van der Waals surface area contributed by atoms with Crippen LogP contribution < -0.4 is 0 Å². The maximum absolute atomic E-state index is 11.0. The van der Waals surface area contributed by atoms with Gasteiger partial charge in [-0.1, -0.05) is 0 Å². The molecule has 1 N–H and O–H groups in total. The molecule has 13 heavy (non-hydrogen) atoms. The molecule has 0 unspecified atom stereocenters. The molecular formula is C8H6INO3. The van der Waals surface area contributed by atoms with Crippen LogP contribution in [0.25, 0.3) is 0 Å². The second-order valence-corrected chi connectivity index (χ2v) is 3.52. The Bertz CT molecular complexity index is 345. The van der Waals surface area contributed by atoms with Gasteiger partial charge in [0.1, 0.15) is 0 Å². The van der Waals surface area contributed by atoms with E-state index >= 15 is 0 Å². The second-order valence-electron chi connectivity index (χ2n) is 2.27. The van der Waals surface area contributed by atoms with Crippen molar-refractivity contribution >= 4 is 40.5 Å². The number of benzene rings is 1. The summed E-state index contributed by atoms with van der Waals surface area (Å²) in [5.74, 6) is -1.26. The molecule has 1 aromatic rings. The van der Waals surface area contributed by atoms with Crippen molar-refractivity contribution in [1.29, 1.82) is 0 Å². The van der Waals surface area contributed by atoms with Crippen LogP contribution in [-0.2, 0) is 4.79 Å². The van der Waals surface area contributed by atoms with Gasteiger partial charge in [0.2, 0.25) is 5.69 Å². The average Bonchev–Trinajstić information content (AvgIpc) is 2.04. The van der Waals surface area contributed by atoms with Crippen LogP contribution in [0.1, 0.15) is 0 Å². The van der Waals surface area contributed by atoms with Crippen LogP contribution in [0.5, 0.6) is 0 Å². The summed E-state index contributed by atoms with van der Waals surface area (Å²) < 4.78 is 1.31. The zero-order valence-electron chi connectivity index (χ0n) is 6.48. The Kier molecular flexibility index (Phi) is 3.24. The van der Waals surface area contributed by atoms with E-state index in [0.717, 1.165) is 3.57 Å². The van der Waals surface area contributed by atoms with Crippen LogP contribution in [0.2, 0.25) is 0 Å². The molecule has 0 aliphatic rings. The van der Waals surface area contributed by atoms with Crippen LogP contribution in [0.3, 0.4) is 0 Å². The molecule has 1 rings (SSSR count). The summed E-state index contributed by atoms with van der Waals surface area (Å²) in [4.78, 5) is 10.2. The number of rotatable bonds is 2. The first-order chi connectivity index (χ1) is 6.09. The quantitative estimate of drug-likeness (QED) is 0.296. The largest absolute Gasteiger partial charge is 0.618 e. The van der Waals surface area contributed by atoms with E-state index in [-0.39, 0.29) is 0 Å². The minimum Gasteiger partial charge on any atom is -0.618 e. The van der Waals surface area contributed by atoms with E-state index in [1.54, 1.807) is 24.3 Å². The van der Waals surface area contributed by atoms with Gasteiger partial charge in [0.15, 0.2) is 0 Å². The first-order valence-electron chi connectivity index (χ1n) is 3.39. The van der Waals surface area contributed by atoms with E-state index < -0.39 is 5.97 Å². The average molecular weight is 291 g/mol. The fourth-order valence-electron chi connectivity index (χ4n) is 0.763. The van der Waals surface area contributed by atoms with Gasteiger partial charge in [-0.15, -0.1) is 0 Å². The van der Waals surface area contributed by atoms with Crippen molar-refractivity contribution in [2.75, 3.05) is 0 Å². The number of carboxylic acid groups (broad SMARTS) is 1. The predicted octanol–water partition coefficient (Wildman–Crippen LogP) is 1.59. The molecule has 68 valence electrons. The number of carboxylic acids is 1. The summed E-state index contributed by atoms with van der Waals surface area (Å²) in [6.45, 7) is 0. The highest BCUT2D eigenvalue weighted by Crippen LogP contribution is 2.12. The fraction of sp³-hybridized carbons (Fsp3) is 0. The Labute approximate surface area is 88.2 Å². The number of nitrogens with zero attached hydrogens (tertiary/aromatic N) is 1. The highest BCUT2D eigenvalue weighted by atomic mass is 127. The lowest BCUT2D eigenvalue weighted by Gasteiger charge is -2.00. The van der Waals surface area contributed by atoms with E-state index in [1.165, 1.54) is 0 Å². The summed E-state index contributed by atoms with van der Waals surface area (Å²) in [7, 11) is 0. The number of aliphatic carboxylic acids is 1. The number of carbonyl (C=O) groups is 1. The predicted molar refractivity (Wildman–Crippen MR) is 56.1 cm³/mol. The van der Waals surface area contributed by atoms with E-state index in [4.69, 9.17) is 5.11 Å². The van der Waals surface area contributed by atoms with Crippen molar-refractivity contribution in [3.8, 4) is 0 Å². The molecular weight excluding hydrogens is 285 g/mol. The van der Waals surface area contributed by atoms with Gasteiger partial charge in [0.05, 0.1) is 0 Å². The molecule has 0 atom stereocenters. The lowest BCUT2D eigenvalue weighted by Crippen LogP contribution is -2.06. The van der Waals surface area contributed by atoms with Crippen LogP contribution in [0.4, 0.5) is 5.69 Å². The zero-order chi connectivity index (χ0) is 9.84. The normalized spacial score (nSPS) is 11.3. The van der Waals surface area contributed by atoms with Gasteiger partial charge in [-0.25, -0.2) is 4.79 Å². The van der Waals surface area contributed by atoms with E-state index in [9.17, 15) is 10.0 Å². The lowest BCUT2D eigenvalue weighted by atomic mass is 10.3. The third-order valence-corrected chi connectivity index (χ3v) is 2.03. The summed E-state index contributed by atoms with van der Waals surface area (Å²) in [5, 5.41) is 19.3.